The largest absolute Gasteiger partial charge is 0.348 e. The molecule has 6 nitrogen and oxygen atoms in total. The standard InChI is InChI=1S/C27H33N3O3/c1-19-9-8-14-25-23-13-7-6-12-21(23)16-24(27(33)30(19)25)28-26(32)22(17-29(2)18-31)15-20-10-4-3-5-11-20/h3-7,10-13,18-19,22,24-25H,8-9,14-17H2,1-2H3,(H,28,32)/t19-,22-,24+,25-/m1/s1. The predicted octanol–water partition coefficient (Wildman–Crippen LogP) is 3.12. The van der Waals surface area contributed by atoms with Crippen molar-refractivity contribution in [2.75, 3.05) is 13.6 Å². The maximum Gasteiger partial charge on any atom is 0.246 e. The molecule has 2 aromatic rings. The van der Waals surface area contributed by atoms with Crippen molar-refractivity contribution in [2.45, 2.75) is 57.2 Å². The number of carbonyl (C=O) groups is 3. The molecule has 6 heteroatoms. The van der Waals surface area contributed by atoms with Gasteiger partial charge in [0.2, 0.25) is 18.2 Å². The molecule has 4 atom stereocenters. The highest BCUT2D eigenvalue weighted by molar-refractivity contribution is 5.90. The molecule has 0 bridgehead atoms. The van der Waals surface area contributed by atoms with Crippen molar-refractivity contribution in [2.24, 2.45) is 5.92 Å². The van der Waals surface area contributed by atoms with Crippen molar-refractivity contribution >= 4 is 18.2 Å². The molecule has 2 aromatic carbocycles. The summed E-state index contributed by atoms with van der Waals surface area (Å²) >= 11 is 0. The van der Waals surface area contributed by atoms with Crippen LogP contribution in [0.25, 0.3) is 0 Å². The van der Waals surface area contributed by atoms with Gasteiger partial charge in [-0.05, 0) is 49.3 Å². The van der Waals surface area contributed by atoms with Crippen LogP contribution in [0.1, 0.15) is 48.9 Å². The average molecular weight is 448 g/mol. The van der Waals surface area contributed by atoms with Crippen LogP contribution in [0.15, 0.2) is 54.6 Å². The minimum atomic E-state index is -0.607. The molecule has 0 aromatic heterocycles. The van der Waals surface area contributed by atoms with Gasteiger partial charge in [0, 0.05) is 26.1 Å². The van der Waals surface area contributed by atoms with Crippen LogP contribution < -0.4 is 5.32 Å². The summed E-state index contributed by atoms with van der Waals surface area (Å²) in [7, 11) is 1.67. The molecule has 0 saturated carbocycles. The van der Waals surface area contributed by atoms with Gasteiger partial charge < -0.3 is 15.1 Å². The van der Waals surface area contributed by atoms with Gasteiger partial charge in [-0.15, -0.1) is 0 Å². The van der Waals surface area contributed by atoms with Gasteiger partial charge in [-0.3, -0.25) is 14.4 Å². The van der Waals surface area contributed by atoms with Gasteiger partial charge in [0.1, 0.15) is 6.04 Å². The highest BCUT2D eigenvalue weighted by atomic mass is 16.2. The smallest absolute Gasteiger partial charge is 0.246 e. The zero-order valence-corrected chi connectivity index (χ0v) is 19.4. The van der Waals surface area contributed by atoms with Gasteiger partial charge in [0.05, 0.1) is 12.0 Å². The molecule has 174 valence electrons. The van der Waals surface area contributed by atoms with Crippen molar-refractivity contribution in [3.8, 4) is 0 Å². The van der Waals surface area contributed by atoms with E-state index in [0.29, 0.717) is 19.4 Å². The molecule has 33 heavy (non-hydrogen) atoms. The number of amides is 3. The Kier molecular flexibility index (Phi) is 7.11. The number of hydrogen-bond acceptors (Lipinski definition) is 3. The second-order valence-electron chi connectivity index (χ2n) is 9.44. The normalized spacial score (nSPS) is 23.0. The Bertz CT molecular complexity index is 993. The summed E-state index contributed by atoms with van der Waals surface area (Å²) in [5.74, 6) is -0.631. The van der Waals surface area contributed by atoms with E-state index < -0.39 is 12.0 Å². The molecule has 2 heterocycles. The van der Waals surface area contributed by atoms with E-state index in [1.165, 1.54) is 10.5 Å². The van der Waals surface area contributed by atoms with Gasteiger partial charge in [-0.2, -0.15) is 0 Å². The highest BCUT2D eigenvalue weighted by Crippen LogP contribution is 2.39. The Hall–Kier alpha value is -3.15. The van der Waals surface area contributed by atoms with Gasteiger partial charge >= 0.3 is 0 Å². The first-order valence-corrected chi connectivity index (χ1v) is 11.9. The summed E-state index contributed by atoms with van der Waals surface area (Å²) in [6, 6.07) is 17.6. The maximum atomic E-state index is 13.7. The lowest BCUT2D eigenvalue weighted by molar-refractivity contribution is -0.142. The first kappa shape index (κ1) is 23.0. The minimum Gasteiger partial charge on any atom is -0.348 e. The molecule has 0 aliphatic carbocycles. The Morgan fingerprint density at radius 1 is 1.15 bits per heavy atom. The van der Waals surface area contributed by atoms with Gasteiger partial charge in [-0.1, -0.05) is 54.6 Å². The Labute approximate surface area is 196 Å². The molecule has 0 radical (unpaired) electrons. The van der Waals surface area contributed by atoms with Crippen LogP contribution >= 0.6 is 0 Å². The minimum absolute atomic E-state index is 0.000969. The molecule has 3 amide bonds. The molecule has 2 aliphatic heterocycles. The molecule has 1 fully saturated rings. The fraction of sp³-hybridized carbons (Fsp3) is 0.444. The van der Waals surface area contributed by atoms with Crippen LogP contribution in [0.4, 0.5) is 0 Å². The third-order valence-corrected chi connectivity index (χ3v) is 7.00. The highest BCUT2D eigenvalue weighted by Gasteiger charge is 2.41. The van der Waals surface area contributed by atoms with Crippen LogP contribution in [0.2, 0.25) is 0 Å². The van der Waals surface area contributed by atoms with Crippen LogP contribution in [0.3, 0.4) is 0 Å². The van der Waals surface area contributed by atoms with Crippen LogP contribution in [-0.4, -0.2) is 53.7 Å². The molecule has 0 unspecified atom stereocenters. The molecule has 4 rings (SSSR count). The molecular weight excluding hydrogens is 414 g/mol. The number of hydrogen-bond donors (Lipinski definition) is 1. The summed E-state index contributed by atoms with van der Waals surface area (Å²) in [4.78, 5) is 41.9. The molecule has 2 aliphatic rings. The van der Waals surface area contributed by atoms with Crippen molar-refractivity contribution in [1.82, 2.24) is 15.1 Å². The summed E-state index contributed by atoms with van der Waals surface area (Å²) in [5.41, 5.74) is 3.36. The number of nitrogens with one attached hydrogen (secondary N) is 1. The maximum absolute atomic E-state index is 13.7. The predicted molar refractivity (Wildman–Crippen MR) is 127 cm³/mol. The van der Waals surface area contributed by atoms with Crippen molar-refractivity contribution < 1.29 is 14.4 Å². The lowest BCUT2D eigenvalue weighted by atomic mass is 9.90. The lowest BCUT2D eigenvalue weighted by Crippen LogP contribution is -2.54. The zero-order valence-electron chi connectivity index (χ0n) is 19.4. The summed E-state index contributed by atoms with van der Waals surface area (Å²) in [6.45, 7) is 2.40. The van der Waals surface area contributed by atoms with E-state index >= 15 is 0 Å². The van der Waals surface area contributed by atoms with E-state index in [9.17, 15) is 14.4 Å². The van der Waals surface area contributed by atoms with E-state index in [1.54, 1.807) is 7.05 Å². The zero-order chi connectivity index (χ0) is 23.4. The summed E-state index contributed by atoms with van der Waals surface area (Å²) in [5, 5.41) is 3.08. The summed E-state index contributed by atoms with van der Waals surface area (Å²) < 4.78 is 0. The van der Waals surface area contributed by atoms with Crippen molar-refractivity contribution in [3.63, 3.8) is 0 Å². The second kappa shape index (κ2) is 10.2. The molecule has 0 spiro atoms. The first-order chi connectivity index (χ1) is 16.0. The Morgan fingerprint density at radius 3 is 2.64 bits per heavy atom. The monoisotopic (exact) mass is 447 g/mol. The number of carbonyl (C=O) groups excluding carboxylic acids is 3. The third-order valence-electron chi connectivity index (χ3n) is 7.00. The van der Waals surface area contributed by atoms with Gasteiger partial charge in [-0.25, -0.2) is 0 Å². The number of nitrogens with zero attached hydrogens (tertiary/aromatic N) is 2. The first-order valence-electron chi connectivity index (χ1n) is 11.9. The Morgan fingerprint density at radius 2 is 1.88 bits per heavy atom. The third kappa shape index (κ3) is 5.10. The molecular formula is C27H33N3O3. The molecule has 1 saturated heterocycles. The fourth-order valence-corrected chi connectivity index (χ4v) is 5.33. The number of piperidine rings is 1. The quantitative estimate of drug-likeness (QED) is 0.663. The second-order valence-corrected chi connectivity index (χ2v) is 9.44. The number of benzene rings is 2. The van der Waals surface area contributed by atoms with E-state index in [0.717, 1.165) is 36.8 Å². The van der Waals surface area contributed by atoms with Crippen LogP contribution in [0, 0.1) is 5.92 Å². The van der Waals surface area contributed by atoms with Crippen molar-refractivity contribution in [1.29, 1.82) is 0 Å². The number of fused-ring (bicyclic) bond motifs is 3. The van der Waals surface area contributed by atoms with E-state index in [1.807, 2.05) is 47.4 Å². The van der Waals surface area contributed by atoms with Gasteiger partial charge in [0.15, 0.2) is 0 Å². The fourth-order valence-electron chi connectivity index (χ4n) is 5.33. The van der Waals surface area contributed by atoms with Crippen LogP contribution in [-0.2, 0) is 27.2 Å². The van der Waals surface area contributed by atoms with E-state index in [4.69, 9.17) is 0 Å². The van der Waals surface area contributed by atoms with Gasteiger partial charge in [0.25, 0.3) is 0 Å². The topological polar surface area (TPSA) is 69.7 Å². The summed E-state index contributed by atoms with van der Waals surface area (Å²) in [6.07, 6.45) is 4.75. The Balaban J connectivity index is 1.59. The lowest BCUT2D eigenvalue weighted by Gasteiger charge is -2.41. The van der Waals surface area contributed by atoms with Crippen LogP contribution in [0.5, 0.6) is 0 Å². The van der Waals surface area contributed by atoms with Crippen molar-refractivity contribution in [3.05, 3.63) is 71.3 Å². The van der Waals surface area contributed by atoms with E-state index in [2.05, 4.69) is 24.4 Å². The number of rotatable bonds is 7. The SMILES string of the molecule is C[C@@H]1CCC[C@@H]2c3ccccc3C[C@H](NC(=O)[C@H](Cc3ccccc3)CN(C)C=O)C(=O)N12. The average Bonchev–Trinajstić information content (AvgIpc) is 2.94. The van der Waals surface area contributed by atoms with E-state index in [-0.39, 0.29) is 23.9 Å². The molecule has 1 N–H and O–H groups in total.